The Bertz CT molecular complexity index is 326. The minimum Gasteiger partial charge on any atom is -0.369 e. The molecule has 1 saturated heterocycles. The summed E-state index contributed by atoms with van der Waals surface area (Å²) in [6.07, 6.45) is 4.98. The summed E-state index contributed by atoms with van der Waals surface area (Å²) in [4.78, 5) is 6.50. The Kier molecular flexibility index (Phi) is 3.76. The smallest absolute Gasteiger partial charge is 0.0597 e. The van der Waals surface area contributed by atoms with Gasteiger partial charge in [-0.3, -0.25) is 4.98 Å². The zero-order chi connectivity index (χ0) is 10.7. The van der Waals surface area contributed by atoms with Crippen LogP contribution >= 0.6 is 23.4 Å². The molecule has 0 amide bonds. The van der Waals surface area contributed by atoms with Crippen molar-refractivity contribution in [2.24, 2.45) is 0 Å². The van der Waals surface area contributed by atoms with Gasteiger partial charge in [0.2, 0.25) is 0 Å². The Morgan fingerprint density at radius 3 is 3.20 bits per heavy atom. The molecule has 0 N–H and O–H groups in total. The van der Waals surface area contributed by atoms with E-state index in [1.807, 2.05) is 24.0 Å². The molecule has 1 aromatic heterocycles. The fourth-order valence-corrected chi connectivity index (χ4v) is 3.36. The van der Waals surface area contributed by atoms with Crippen LogP contribution in [-0.2, 0) is 5.88 Å². The molecule has 1 unspecified atom stereocenters. The highest BCUT2D eigenvalue weighted by Gasteiger charge is 2.21. The van der Waals surface area contributed by atoms with Gasteiger partial charge in [0.05, 0.1) is 11.9 Å². The van der Waals surface area contributed by atoms with E-state index in [0.717, 1.165) is 0 Å². The third kappa shape index (κ3) is 2.40. The summed E-state index contributed by atoms with van der Waals surface area (Å²) in [5, 5.41) is 0. The van der Waals surface area contributed by atoms with E-state index in [0.29, 0.717) is 11.9 Å². The Hall–Kier alpha value is -0.410. The molecule has 0 spiro atoms. The van der Waals surface area contributed by atoms with Gasteiger partial charge in [0, 0.05) is 30.9 Å². The molecule has 15 heavy (non-hydrogen) atoms. The second-order valence-corrected chi connectivity index (χ2v) is 5.18. The summed E-state index contributed by atoms with van der Waals surface area (Å²) >= 11 is 7.95. The van der Waals surface area contributed by atoms with Crippen molar-refractivity contribution >= 4 is 29.1 Å². The zero-order valence-electron chi connectivity index (χ0n) is 8.82. The summed E-state index contributed by atoms with van der Waals surface area (Å²) in [5.41, 5.74) is 2.35. The SMILES string of the molecule is CN(c1cnccc1CCl)C1CCSC1. The lowest BCUT2D eigenvalue weighted by molar-refractivity contribution is 0.697. The van der Waals surface area contributed by atoms with Gasteiger partial charge in [-0.25, -0.2) is 0 Å². The molecule has 0 saturated carbocycles. The average molecular weight is 243 g/mol. The van der Waals surface area contributed by atoms with Crippen LogP contribution < -0.4 is 4.90 Å². The first-order valence-corrected chi connectivity index (χ1v) is 6.81. The monoisotopic (exact) mass is 242 g/mol. The highest BCUT2D eigenvalue weighted by Crippen LogP contribution is 2.28. The van der Waals surface area contributed by atoms with E-state index >= 15 is 0 Å². The van der Waals surface area contributed by atoms with Gasteiger partial charge >= 0.3 is 0 Å². The minimum absolute atomic E-state index is 0.558. The maximum Gasteiger partial charge on any atom is 0.0597 e. The third-order valence-electron chi connectivity index (χ3n) is 2.86. The Labute approximate surface area is 100 Å². The molecular formula is C11H15ClN2S. The summed E-state index contributed by atoms with van der Waals surface area (Å²) in [6.45, 7) is 0. The van der Waals surface area contributed by atoms with Crippen molar-refractivity contribution in [1.29, 1.82) is 0 Å². The number of hydrogen-bond acceptors (Lipinski definition) is 3. The molecule has 0 aromatic carbocycles. The molecule has 1 aromatic rings. The van der Waals surface area contributed by atoms with Gasteiger partial charge in [0.25, 0.3) is 0 Å². The van der Waals surface area contributed by atoms with Crippen LogP contribution in [0.2, 0.25) is 0 Å². The highest BCUT2D eigenvalue weighted by molar-refractivity contribution is 7.99. The highest BCUT2D eigenvalue weighted by atomic mass is 35.5. The van der Waals surface area contributed by atoms with Crippen LogP contribution in [0.5, 0.6) is 0 Å². The van der Waals surface area contributed by atoms with Crippen molar-refractivity contribution in [2.45, 2.75) is 18.3 Å². The first-order chi connectivity index (χ1) is 7.33. The van der Waals surface area contributed by atoms with E-state index in [4.69, 9.17) is 11.6 Å². The molecule has 1 aliphatic rings. The zero-order valence-corrected chi connectivity index (χ0v) is 10.4. The maximum absolute atomic E-state index is 5.92. The number of nitrogens with zero attached hydrogens (tertiary/aromatic N) is 2. The van der Waals surface area contributed by atoms with Crippen molar-refractivity contribution in [3.8, 4) is 0 Å². The summed E-state index contributed by atoms with van der Waals surface area (Å²) in [7, 11) is 2.14. The molecule has 2 heterocycles. The lowest BCUT2D eigenvalue weighted by atomic mass is 10.2. The van der Waals surface area contributed by atoms with E-state index in [9.17, 15) is 0 Å². The van der Waals surface area contributed by atoms with Crippen LogP contribution in [0, 0.1) is 0 Å². The first-order valence-electron chi connectivity index (χ1n) is 5.12. The molecule has 2 nitrogen and oxygen atoms in total. The Morgan fingerprint density at radius 1 is 1.67 bits per heavy atom. The standard InChI is InChI=1S/C11H15ClN2S/c1-14(10-3-5-15-8-10)11-7-13-4-2-9(11)6-12/h2,4,7,10H,3,5-6,8H2,1H3. The number of hydrogen-bond donors (Lipinski definition) is 0. The minimum atomic E-state index is 0.558. The maximum atomic E-state index is 5.92. The number of aromatic nitrogens is 1. The van der Waals surface area contributed by atoms with Crippen LogP contribution in [0.15, 0.2) is 18.5 Å². The Balaban J connectivity index is 2.19. The molecule has 0 aliphatic carbocycles. The molecular weight excluding hydrogens is 228 g/mol. The molecule has 1 fully saturated rings. The fourth-order valence-electron chi connectivity index (χ4n) is 1.87. The third-order valence-corrected chi connectivity index (χ3v) is 4.30. The number of halogens is 1. The molecule has 0 radical (unpaired) electrons. The second-order valence-electron chi connectivity index (χ2n) is 3.77. The molecule has 0 bridgehead atoms. The second kappa shape index (κ2) is 5.08. The van der Waals surface area contributed by atoms with E-state index in [1.54, 1.807) is 6.20 Å². The van der Waals surface area contributed by atoms with Crippen LogP contribution in [-0.4, -0.2) is 29.6 Å². The molecule has 1 aliphatic heterocycles. The van der Waals surface area contributed by atoms with Gasteiger partial charge in [-0.2, -0.15) is 11.8 Å². The van der Waals surface area contributed by atoms with Crippen molar-refractivity contribution < 1.29 is 0 Å². The van der Waals surface area contributed by atoms with Gasteiger partial charge < -0.3 is 4.90 Å². The van der Waals surface area contributed by atoms with E-state index in [1.165, 1.54) is 29.2 Å². The van der Waals surface area contributed by atoms with Crippen LogP contribution in [0.4, 0.5) is 5.69 Å². The molecule has 2 rings (SSSR count). The van der Waals surface area contributed by atoms with Gasteiger partial charge in [-0.15, -0.1) is 11.6 Å². The number of pyridine rings is 1. The molecule has 1 atom stereocenters. The molecule has 4 heteroatoms. The van der Waals surface area contributed by atoms with Gasteiger partial charge in [0.1, 0.15) is 0 Å². The van der Waals surface area contributed by atoms with E-state index in [-0.39, 0.29) is 0 Å². The summed E-state index contributed by atoms with van der Waals surface area (Å²) in [5.74, 6) is 3.04. The van der Waals surface area contributed by atoms with Crippen molar-refractivity contribution in [3.63, 3.8) is 0 Å². The predicted octanol–water partition coefficient (Wildman–Crippen LogP) is 2.76. The van der Waals surface area contributed by atoms with Crippen molar-refractivity contribution in [1.82, 2.24) is 4.98 Å². The predicted molar refractivity (Wildman–Crippen MR) is 67.9 cm³/mol. The fraction of sp³-hybridized carbons (Fsp3) is 0.545. The first kappa shape index (κ1) is 11.1. The quantitative estimate of drug-likeness (QED) is 0.759. The van der Waals surface area contributed by atoms with Crippen molar-refractivity contribution in [2.75, 3.05) is 23.5 Å². The van der Waals surface area contributed by atoms with Crippen LogP contribution in [0.1, 0.15) is 12.0 Å². The number of alkyl halides is 1. The number of anilines is 1. The number of thioether (sulfide) groups is 1. The molecule has 82 valence electrons. The van der Waals surface area contributed by atoms with Crippen LogP contribution in [0.25, 0.3) is 0 Å². The number of rotatable bonds is 3. The van der Waals surface area contributed by atoms with E-state index < -0.39 is 0 Å². The van der Waals surface area contributed by atoms with E-state index in [2.05, 4.69) is 16.9 Å². The summed E-state index contributed by atoms with van der Waals surface area (Å²) < 4.78 is 0. The van der Waals surface area contributed by atoms with Gasteiger partial charge in [-0.05, 0) is 23.8 Å². The normalized spacial score (nSPS) is 20.5. The average Bonchev–Trinajstić information content (AvgIpc) is 2.81. The van der Waals surface area contributed by atoms with Crippen LogP contribution in [0.3, 0.4) is 0 Å². The largest absolute Gasteiger partial charge is 0.369 e. The van der Waals surface area contributed by atoms with Crippen molar-refractivity contribution in [3.05, 3.63) is 24.0 Å². The van der Waals surface area contributed by atoms with Gasteiger partial charge in [0.15, 0.2) is 0 Å². The Morgan fingerprint density at radius 2 is 2.53 bits per heavy atom. The van der Waals surface area contributed by atoms with Gasteiger partial charge in [-0.1, -0.05) is 0 Å². The lowest BCUT2D eigenvalue weighted by Crippen LogP contribution is -2.32. The topological polar surface area (TPSA) is 16.1 Å². The lowest BCUT2D eigenvalue weighted by Gasteiger charge is -2.27. The summed E-state index contributed by atoms with van der Waals surface area (Å²) in [6, 6.07) is 2.64.